The zero-order valence-corrected chi connectivity index (χ0v) is 16.4. The molecule has 1 heterocycles. The van der Waals surface area contributed by atoms with E-state index >= 15 is 0 Å². The molecule has 0 bridgehead atoms. The molecule has 0 aliphatic rings. The van der Waals surface area contributed by atoms with E-state index in [0.29, 0.717) is 18.0 Å². The average Bonchev–Trinajstić information content (AvgIpc) is 3.19. The van der Waals surface area contributed by atoms with E-state index in [0.717, 1.165) is 12.0 Å². The van der Waals surface area contributed by atoms with Gasteiger partial charge in [-0.15, -0.1) is 11.3 Å². The molecule has 0 unspecified atom stereocenters. The van der Waals surface area contributed by atoms with Crippen molar-refractivity contribution in [1.29, 1.82) is 0 Å². The Hall–Kier alpha value is -2.78. The smallest absolute Gasteiger partial charge is 0.245 e. The summed E-state index contributed by atoms with van der Waals surface area (Å²) in [5, 5.41) is 16.1. The highest BCUT2D eigenvalue weighted by molar-refractivity contribution is 7.13. The summed E-state index contributed by atoms with van der Waals surface area (Å²) in [5.41, 5.74) is 3.88. The monoisotopic (exact) mass is 404 g/mol. The van der Waals surface area contributed by atoms with Gasteiger partial charge >= 0.3 is 0 Å². The minimum atomic E-state index is -0.636. The van der Waals surface area contributed by atoms with Crippen LogP contribution in [0.3, 0.4) is 0 Å². The molecule has 4 N–H and O–H groups in total. The zero-order chi connectivity index (χ0) is 20.4. The molecular formula is C19H24N4O4S. The van der Waals surface area contributed by atoms with Gasteiger partial charge in [-0.05, 0) is 31.7 Å². The van der Waals surface area contributed by atoms with Crippen LogP contribution >= 0.6 is 11.3 Å². The maximum Gasteiger partial charge on any atom is 0.245 e. The highest BCUT2D eigenvalue weighted by Gasteiger charge is 2.22. The number of nitrogens with one attached hydrogen (secondary N) is 3. The molecule has 0 fully saturated rings. The molecule has 0 saturated carbocycles. The fraction of sp³-hybridized carbons (Fsp3) is 0.368. The van der Waals surface area contributed by atoms with E-state index in [2.05, 4.69) is 15.6 Å². The van der Waals surface area contributed by atoms with Gasteiger partial charge in [0.1, 0.15) is 0 Å². The number of carbonyl (C=O) groups is 3. The van der Waals surface area contributed by atoms with Crippen molar-refractivity contribution in [1.82, 2.24) is 15.8 Å². The van der Waals surface area contributed by atoms with Crippen LogP contribution in [-0.4, -0.2) is 34.5 Å². The fourth-order valence-corrected chi connectivity index (χ4v) is 3.21. The zero-order valence-electron chi connectivity index (χ0n) is 15.6. The van der Waals surface area contributed by atoms with Crippen molar-refractivity contribution < 1.29 is 19.6 Å². The number of aromatic nitrogens is 1. The Morgan fingerprint density at radius 1 is 1.18 bits per heavy atom. The maximum absolute atomic E-state index is 12.4. The highest BCUT2D eigenvalue weighted by Crippen LogP contribution is 2.15. The molecule has 1 atom stereocenters. The van der Waals surface area contributed by atoms with Gasteiger partial charge in [-0.25, -0.2) is 10.5 Å². The second-order valence-corrected chi connectivity index (χ2v) is 7.31. The van der Waals surface area contributed by atoms with E-state index in [-0.39, 0.29) is 13.0 Å². The van der Waals surface area contributed by atoms with Gasteiger partial charge in [0.05, 0.1) is 6.54 Å². The van der Waals surface area contributed by atoms with Crippen LogP contribution in [0.4, 0.5) is 5.13 Å². The normalized spacial score (nSPS) is 11.5. The van der Waals surface area contributed by atoms with E-state index in [1.54, 1.807) is 17.1 Å². The Morgan fingerprint density at radius 2 is 1.93 bits per heavy atom. The quantitative estimate of drug-likeness (QED) is 0.357. The number of nitrogens with zero attached hydrogens (tertiary/aromatic N) is 1. The summed E-state index contributed by atoms with van der Waals surface area (Å²) >= 11 is 1.28. The molecule has 8 nitrogen and oxygen atoms in total. The number of hydrogen-bond donors (Lipinski definition) is 4. The lowest BCUT2D eigenvalue weighted by molar-refractivity contribution is -0.135. The summed E-state index contributed by atoms with van der Waals surface area (Å²) in [7, 11) is 0. The molecule has 1 aromatic heterocycles. The Kier molecular flexibility index (Phi) is 8.57. The fourth-order valence-electron chi connectivity index (χ4n) is 2.66. The SMILES string of the molecule is Cc1ccc(CCC[C@H](CC(=O)NO)C(=O)NCC(=O)Nc2nccs2)cc1. The molecule has 1 aromatic carbocycles. The van der Waals surface area contributed by atoms with Crippen molar-refractivity contribution in [2.75, 3.05) is 11.9 Å². The summed E-state index contributed by atoms with van der Waals surface area (Å²) < 4.78 is 0. The van der Waals surface area contributed by atoms with Crippen molar-refractivity contribution in [3.05, 3.63) is 47.0 Å². The number of hydrogen-bond acceptors (Lipinski definition) is 6. The van der Waals surface area contributed by atoms with Gasteiger partial charge in [0.15, 0.2) is 5.13 Å². The van der Waals surface area contributed by atoms with Crippen molar-refractivity contribution >= 4 is 34.2 Å². The molecule has 150 valence electrons. The van der Waals surface area contributed by atoms with Crippen LogP contribution in [-0.2, 0) is 20.8 Å². The lowest BCUT2D eigenvalue weighted by atomic mass is 9.95. The van der Waals surface area contributed by atoms with Crippen molar-refractivity contribution in [3.8, 4) is 0 Å². The number of anilines is 1. The summed E-state index contributed by atoms with van der Waals surface area (Å²) in [6, 6.07) is 8.13. The molecule has 0 spiro atoms. The Morgan fingerprint density at radius 3 is 2.57 bits per heavy atom. The van der Waals surface area contributed by atoms with E-state index in [4.69, 9.17) is 5.21 Å². The summed E-state index contributed by atoms with van der Waals surface area (Å²) in [6.45, 7) is 1.80. The number of carbonyl (C=O) groups excluding carboxylic acids is 3. The van der Waals surface area contributed by atoms with Gasteiger partial charge in [-0.1, -0.05) is 29.8 Å². The predicted molar refractivity (Wildman–Crippen MR) is 106 cm³/mol. The van der Waals surface area contributed by atoms with Gasteiger partial charge in [0, 0.05) is 23.9 Å². The summed E-state index contributed by atoms with van der Waals surface area (Å²) in [4.78, 5) is 39.7. The second kappa shape index (κ2) is 11.2. The first kappa shape index (κ1) is 21.5. The third-order valence-electron chi connectivity index (χ3n) is 4.17. The lowest BCUT2D eigenvalue weighted by Crippen LogP contribution is -2.38. The highest BCUT2D eigenvalue weighted by atomic mass is 32.1. The van der Waals surface area contributed by atoms with Crippen molar-refractivity contribution in [2.45, 2.75) is 32.6 Å². The topological polar surface area (TPSA) is 120 Å². The molecular weight excluding hydrogens is 380 g/mol. The molecule has 0 aliphatic carbocycles. The van der Waals surface area contributed by atoms with E-state index < -0.39 is 23.6 Å². The lowest BCUT2D eigenvalue weighted by Gasteiger charge is -2.16. The van der Waals surface area contributed by atoms with Crippen LogP contribution in [0.15, 0.2) is 35.8 Å². The van der Waals surface area contributed by atoms with Crippen molar-refractivity contribution in [2.24, 2.45) is 5.92 Å². The van der Waals surface area contributed by atoms with Crippen LogP contribution < -0.4 is 16.1 Å². The number of hydroxylamine groups is 1. The maximum atomic E-state index is 12.4. The standard InChI is InChI=1S/C19H24N4O4S/c1-13-5-7-14(8-6-13)3-2-4-15(11-16(24)23-27)18(26)21-12-17(25)22-19-20-9-10-28-19/h5-10,15,27H,2-4,11-12H2,1H3,(H,21,26)(H,23,24)(H,20,22,25)/t15-/m1/s1. The van der Waals surface area contributed by atoms with Crippen LogP contribution in [0.1, 0.15) is 30.4 Å². The largest absolute Gasteiger partial charge is 0.347 e. The number of aryl methyl sites for hydroxylation is 2. The molecule has 0 saturated heterocycles. The molecule has 3 amide bonds. The average molecular weight is 404 g/mol. The first-order chi connectivity index (χ1) is 13.5. The Bertz CT molecular complexity index is 778. The molecule has 28 heavy (non-hydrogen) atoms. The van der Waals surface area contributed by atoms with Gasteiger partial charge in [-0.3, -0.25) is 19.6 Å². The molecule has 0 aliphatic heterocycles. The van der Waals surface area contributed by atoms with Gasteiger partial charge < -0.3 is 10.6 Å². The first-order valence-electron chi connectivity index (χ1n) is 8.93. The molecule has 0 radical (unpaired) electrons. The first-order valence-corrected chi connectivity index (χ1v) is 9.81. The Balaban J connectivity index is 1.83. The molecule has 2 aromatic rings. The minimum absolute atomic E-state index is 0.148. The third-order valence-corrected chi connectivity index (χ3v) is 4.86. The predicted octanol–water partition coefficient (Wildman–Crippen LogP) is 2.04. The van der Waals surface area contributed by atoms with Crippen LogP contribution in [0.5, 0.6) is 0 Å². The minimum Gasteiger partial charge on any atom is -0.347 e. The van der Waals surface area contributed by atoms with E-state index in [1.807, 2.05) is 31.2 Å². The van der Waals surface area contributed by atoms with Gasteiger partial charge in [0.2, 0.25) is 17.7 Å². The van der Waals surface area contributed by atoms with Crippen LogP contribution in [0.2, 0.25) is 0 Å². The second-order valence-electron chi connectivity index (χ2n) is 6.42. The van der Waals surface area contributed by atoms with E-state index in [9.17, 15) is 14.4 Å². The number of benzene rings is 1. The van der Waals surface area contributed by atoms with E-state index in [1.165, 1.54) is 16.9 Å². The van der Waals surface area contributed by atoms with Crippen LogP contribution in [0, 0.1) is 12.8 Å². The Labute approximate surface area is 167 Å². The number of rotatable bonds is 10. The molecule has 2 rings (SSSR count). The van der Waals surface area contributed by atoms with Crippen molar-refractivity contribution in [3.63, 3.8) is 0 Å². The molecule has 9 heteroatoms. The van der Waals surface area contributed by atoms with Gasteiger partial charge in [0.25, 0.3) is 0 Å². The number of amides is 3. The summed E-state index contributed by atoms with van der Waals surface area (Å²) in [6.07, 6.45) is 3.35. The number of thiazole rings is 1. The third kappa shape index (κ3) is 7.45. The van der Waals surface area contributed by atoms with Crippen LogP contribution in [0.25, 0.3) is 0 Å². The van der Waals surface area contributed by atoms with Gasteiger partial charge in [-0.2, -0.15) is 0 Å². The summed E-state index contributed by atoms with van der Waals surface area (Å²) in [5.74, 6) is -2.07.